The number of amidine groups is 1. The highest BCUT2D eigenvalue weighted by Crippen LogP contribution is 2.39. The summed E-state index contributed by atoms with van der Waals surface area (Å²) < 4.78 is 23.9. The molecule has 3 rings (SSSR count). The number of aliphatic imine (C=N–C) groups is 1. The number of sulfone groups is 1. The largest absolute Gasteiger partial charge is 0.342 e. The zero-order valence-corrected chi connectivity index (χ0v) is 14.8. The van der Waals surface area contributed by atoms with Gasteiger partial charge in [-0.3, -0.25) is 4.79 Å². The van der Waals surface area contributed by atoms with Crippen molar-refractivity contribution in [2.24, 2.45) is 4.99 Å². The van der Waals surface area contributed by atoms with Crippen molar-refractivity contribution in [3.63, 3.8) is 0 Å². The van der Waals surface area contributed by atoms with Gasteiger partial charge in [0.1, 0.15) is 6.42 Å². The quantitative estimate of drug-likeness (QED) is 0.808. The Labute approximate surface area is 145 Å². The van der Waals surface area contributed by atoms with Gasteiger partial charge in [0.25, 0.3) is 5.91 Å². The van der Waals surface area contributed by atoms with Gasteiger partial charge in [-0.1, -0.05) is 41.6 Å². The fourth-order valence-corrected chi connectivity index (χ4v) is 6.89. The van der Waals surface area contributed by atoms with E-state index < -0.39 is 15.7 Å². The average molecular weight is 363 g/mol. The van der Waals surface area contributed by atoms with Crippen LogP contribution in [0.25, 0.3) is 0 Å². The molecule has 2 atom stereocenters. The summed E-state index contributed by atoms with van der Waals surface area (Å²) in [6.07, 6.45) is -0.268. The van der Waals surface area contributed by atoms with Crippen LogP contribution in [0.4, 0.5) is 0 Å². The molecule has 0 spiro atoms. The minimum absolute atomic E-state index is 0.0853. The molecule has 126 valence electrons. The van der Waals surface area contributed by atoms with E-state index in [1.807, 2.05) is 36.1 Å². The predicted octanol–water partition coefficient (Wildman–Crippen LogP) is 1.51. The third-order valence-electron chi connectivity index (χ3n) is 4.10. The lowest BCUT2D eigenvalue weighted by molar-refractivity contribution is -0.116. The molecular formula is C16H17N3O3S2. The normalized spacial score (nSPS) is 26.3. The van der Waals surface area contributed by atoms with E-state index in [0.717, 1.165) is 11.1 Å². The number of hydrogen-bond donors (Lipinski definition) is 0. The van der Waals surface area contributed by atoms with Gasteiger partial charge in [0, 0.05) is 11.8 Å². The van der Waals surface area contributed by atoms with Crippen molar-refractivity contribution in [2.45, 2.75) is 31.2 Å². The lowest BCUT2D eigenvalue weighted by Crippen LogP contribution is -2.37. The minimum Gasteiger partial charge on any atom is -0.342 e. The molecule has 2 fully saturated rings. The topological polar surface area (TPSA) is 90.6 Å². The zero-order chi connectivity index (χ0) is 17.3. The van der Waals surface area contributed by atoms with E-state index in [-0.39, 0.29) is 29.2 Å². The van der Waals surface area contributed by atoms with Crippen LogP contribution in [0.2, 0.25) is 0 Å². The maximum atomic E-state index is 11.9. The number of rotatable bonds is 3. The number of thioether (sulfide) groups is 1. The standard InChI is InChI=1S/C16H17N3O3S2/c1-11-2-4-12(5-3-11)8-19-13-9-24(21,22)10-14(13)23-16(19)18-15(20)6-7-17/h2-5,13-14H,6,8-10H2,1H3/t13-,14+/m0/s1. The second kappa shape index (κ2) is 6.57. The zero-order valence-electron chi connectivity index (χ0n) is 13.2. The van der Waals surface area contributed by atoms with Crippen molar-refractivity contribution in [3.05, 3.63) is 35.4 Å². The third kappa shape index (κ3) is 3.62. The van der Waals surface area contributed by atoms with Crippen molar-refractivity contribution in [2.75, 3.05) is 11.5 Å². The summed E-state index contributed by atoms with van der Waals surface area (Å²) in [6, 6.07) is 9.61. The number of aryl methyl sites for hydroxylation is 1. The smallest absolute Gasteiger partial charge is 0.262 e. The van der Waals surface area contributed by atoms with Crippen molar-refractivity contribution >= 4 is 32.7 Å². The molecule has 8 heteroatoms. The maximum Gasteiger partial charge on any atom is 0.262 e. The van der Waals surface area contributed by atoms with E-state index in [0.29, 0.717) is 11.7 Å². The molecule has 2 aliphatic heterocycles. The van der Waals surface area contributed by atoms with Gasteiger partial charge in [0.15, 0.2) is 15.0 Å². The molecule has 1 aromatic rings. The highest BCUT2D eigenvalue weighted by Gasteiger charge is 2.48. The van der Waals surface area contributed by atoms with Gasteiger partial charge >= 0.3 is 0 Å². The fourth-order valence-electron chi connectivity index (χ4n) is 2.92. The molecule has 0 radical (unpaired) electrons. The molecule has 24 heavy (non-hydrogen) atoms. The van der Waals surface area contributed by atoms with Crippen molar-refractivity contribution in [3.8, 4) is 6.07 Å². The van der Waals surface area contributed by atoms with Crippen LogP contribution in [0.5, 0.6) is 0 Å². The van der Waals surface area contributed by atoms with Crippen LogP contribution in [-0.2, 0) is 21.2 Å². The van der Waals surface area contributed by atoms with Crippen LogP contribution in [0.1, 0.15) is 17.5 Å². The summed E-state index contributed by atoms with van der Waals surface area (Å²) in [4.78, 5) is 17.7. The number of hydrogen-bond acceptors (Lipinski definition) is 5. The van der Waals surface area contributed by atoms with Crippen molar-refractivity contribution in [1.82, 2.24) is 4.90 Å². The van der Waals surface area contributed by atoms with Gasteiger partial charge in [-0.05, 0) is 12.5 Å². The molecule has 2 aliphatic rings. The molecule has 0 N–H and O–H groups in total. The molecule has 0 unspecified atom stereocenters. The Kier molecular flexibility index (Phi) is 4.65. The number of carbonyl (C=O) groups is 1. The van der Waals surface area contributed by atoms with Crippen LogP contribution >= 0.6 is 11.8 Å². The summed E-state index contributed by atoms with van der Waals surface area (Å²) in [5.74, 6) is -0.295. The Morgan fingerprint density at radius 3 is 2.75 bits per heavy atom. The number of carbonyl (C=O) groups excluding carboxylic acids is 1. The molecule has 0 bridgehead atoms. The highest BCUT2D eigenvalue weighted by atomic mass is 32.2. The molecule has 2 saturated heterocycles. The Morgan fingerprint density at radius 1 is 1.38 bits per heavy atom. The number of amides is 1. The molecule has 6 nitrogen and oxygen atoms in total. The molecule has 0 aliphatic carbocycles. The van der Waals surface area contributed by atoms with E-state index in [4.69, 9.17) is 5.26 Å². The second-order valence-corrected chi connectivity index (χ2v) is 9.40. The molecule has 0 saturated carbocycles. The van der Waals surface area contributed by atoms with E-state index in [9.17, 15) is 13.2 Å². The van der Waals surface area contributed by atoms with E-state index >= 15 is 0 Å². The summed E-state index contributed by atoms with van der Waals surface area (Å²) in [5.41, 5.74) is 2.18. The van der Waals surface area contributed by atoms with Crippen LogP contribution in [0.3, 0.4) is 0 Å². The lowest BCUT2D eigenvalue weighted by Gasteiger charge is -2.24. The van der Waals surface area contributed by atoms with E-state index in [1.54, 1.807) is 6.07 Å². The number of fused-ring (bicyclic) bond motifs is 1. The predicted molar refractivity (Wildman–Crippen MR) is 93.2 cm³/mol. The van der Waals surface area contributed by atoms with Crippen LogP contribution in [0, 0.1) is 18.3 Å². The van der Waals surface area contributed by atoms with Gasteiger partial charge in [0.05, 0.1) is 23.6 Å². The fraction of sp³-hybridized carbons (Fsp3) is 0.438. The average Bonchev–Trinajstić information content (AvgIpc) is 2.95. The summed E-state index contributed by atoms with van der Waals surface area (Å²) in [5, 5.41) is 9.05. The van der Waals surface area contributed by atoms with E-state index in [2.05, 4.69) is 4.99 Å². The lowest BCUT2D eigenvalue weighted by atomic mass is 10.1. The molecular weight excluding hydrogens is 346 g/mol. The summed E-state index contributed by atoms with van der Waals surface area (Å²) in [7, 11) is -3.05. The van der Waals surface area contributed by atoms with Gasteiger partial charge in [-0.25, -0.2) is 8.42 Å². The van der Waals surface area contributed by atoms with Gasteiger partial charge in [-0.15, -0.1) is 0 Å². The monoisotopic (exact) mass is 363 g/mol. The molecule has 2 heterocycles. The maximum absolute atomic E-state index is 11.9. The second-order valence-electron chi connectivity index (χ2n) is 6.04. The van der Waals surface area contributed by atoms with Gasteiger partial charge in [0.2, 0.25) is 0 Å². The molecule has 1 aromatic carbocycles. The Hall–Kier alpha value is -1.85. The Balaban J connectivity index is 1.88. The number of nitriles is 1. The summed E-state index contributed by atoms with van der Waals surface area (Å²) in [6.45, 7) is 2.51. The van der Waals surface area contributed by atoms with Crippen LogP contribution in [-0.4, -0.2) is 47.2 Å². The first-order valence-corrected chi connectivity index (χ1v) is 10.3. The SMILES string of the molecule is Cc1ccc(CN2C(=NC(=O)CC#N)S[C@@H]3CS(=O)(=O)C[C@@H]32)cc1. The first-order chi connectivity index (χ1) is 11.4. The van der Waals surface area contributed by atoms with Crippen molar-refractivity contribution in [1.29, 1.82) is 5.26 Å². The first-order valence-electron chi connectivity index (χ1n) is 7.56. The third-order valence-corrected chi connectivity index (χ3v) is 7.35. The highest BCUT2D eigenvalue weighted by molar-refractivity contribution is 8.15. The van der Waals surface area contributed by atoms with Gasteiger partial charge < -0.3 is 4.90 Å². The Bertz CT molecular complexity index is 825. The van der Waals surface area contributed by atoms with E-state index in [1.165, 1.54) is 11.8 Å². The molecule has 0 aromatic heterocycles. The van der Waals surface area contributed by atoms with Crippen LogP contribution < -0.4 is 0 Å². The molecule has 1 amide bonds. The minimum atomic E-state index is -3.05. The van der Waals surface area contributed by atoms with Gasteiger partial charge in [-0.2, -0.15) is 10.3 Å². The number of nitrogens with zero attached hydrogens (tertiary/aromatic N) is 3. The first kappa shape index (κ1) is 17.0. The number of benzene rings is 1. The Morgan fingerprint density at radius 2 is 2.08 bits per heavy atom. The van der Waals surface area contributed by atoms with Crippen molar-refractivity contribution < 1.29 is 13.2 Å². The van der Waals surface area contributed by atoms with Crippen LogP contribution in [0.15, 0.2) is 29.3 Å². The summed E-state index contributed by atoms with van der Waals surface area (Å²) >= 11 is 1.33.